The van der Waals surface area contributed by atoms with Crippen molar-refractivity contribution in [2.75, 3.05) is 6.61 Å². The number of rotatable bonds is 3. The minimum absolute atomic E-state index is 0. The van der Waals surface area contributed by atoms with Crippen LogP contribution >= 0.6 is 12.4 Å². The average molecular weight is 218 g/mol. The molecule has 14 heavy (non-hydrogen) atoms. The average Bonchev–Trinajstić information content (AvgIpc) is 2.11. The zero-order valence-corrected chi connectivity index (χ0v) is 8.92. The first-order valence-corrected chi connectivity index (χ1v) is 4.28. The van der Waals surface area contributed by atoms with Crippen molar-refractivity contribution >= 4 is 12.4 Å². The van der Waals surface area contributed by atoms with Crippen LogP contribution in [0.3, 0.4) is 0 Å². The highest BCUT2D eigenvalue weighted by Gasteiger charge is 2.06. The monoisotopic (exact) mass is 217 g/mol. The van der Waals surface area contributed by atoms with Crippen LogP contribution in [-0.4, -0.2) is 22.9 Å². The second-order valence-corrected chi connectivity index (χ2v) is 3.28. The molecule has 0 spiro atoms. The third kappa shape index (κ3) is 3.54. The predicted molar refractivity (Wildman–Crippen MR) is 58.9 cm³/mol. The smallest absolute Gasteiger partial charge is 0.118 e. The van der Waals surface area contributed by atoms with Crippen molar-refractivity contribution in [3.05, 3.63) is 29.3 Å². The van der Waals surface area contributed by atoms with Crippen LogP contribution in [0.25, 0.3) is 0 Å². The molecule has 0 aliphatic heterocycles. The molecule has 0 saturated carbocycles. The van der Waals surface area contributed by atoms with Gasteiger partial charge in [0.1, 0.15) is 5.75 Å². The summed E-state index contributed by atoms with van der Waals surface area (Å²) in [7, 11) is 0. The third-order valence-corrected chi connectivity index (χ3v) is 1.95. The number of hydrogen-bond donors (Lipinski definition) is 3. The lowest BCUT2D eigenvalue weighted by atomic mass is 10.0. The minimum atomic E-state index is -0.298. The summed E-state index contributed by atoms with van der Waals surface area (Å²) in [6, 6.07) is 5.07. The number of aliphatic hydroxyl groups is 1. The van der Waals surface area contributed by atoms with Crippen LogP contribution in [0.15, 0.2) is 18.2 Å². The van der Waals surface area contributed by atoms with Crippen molar-refractivity contribution in [3.63, 3.8) is 0 Å². The van der Waals surface area contributed by atoms with Gasteiger partial charge in [0.05, 0.1) is 6.61 Å². The summed E-state index contributed by atoms with van der Waals surface area (Å²) >= 11 is 0. The number of aromatic hydroxyl groups is 1. The topological polar surface area (TPSA) is 66.5 Å². The number of halogens is 1. The van der Waals surface area contributed by atoms with E-state index < -0.39 is 0 Å². The van der Waals surface area contributed by atoms with Crippen molar-refractivity contribution in [1.82, 2.24) is 0 Å². The molecule has 1 rings (SSSR count). The molecule has 0 bridgehead atoms. The molecule has 1 unspecified atom stereocenters. The van der Waals surface area contributed by atoms with Gasteiger partial charge in [-0.3, -0.25) is 0 Å². The molecule has 1 aromatic rings. The molecule has 0 fully saturated rings. The summed E-state index contributed by atoms with van der Waals surface area (Å²) in [5, 5.41) is 18.2. The van der Waals surface area contributed by atoms with Gasteiger partial charge in [-0.1, -0.05) is 17.7 Å². The first-order valence-electron chi connectivity index (χ1n) is 4.28. The summed E-state index contributed by atoms with van der Waals surface area (Å²) in [6.07, 6.45) is 0.504. The molecule has 1 atom stereocenters. The Morgan fingerprint density at radius 1 is 1.43 bits per heavy atom. The van der Waals surface area contributed by atoms with Gasteiger partial charge >= 0.3 is 0 Å². The number of phenolic OH excluding ortho intramolecular Hbond substituents is 1. The summed E-state index contributed by atoms with van der Waals surface area (Å²) in [5.41, 5.74) is 7.44. The Hall–Kier alpha value is -0.770. The first-order chi connectivity index (χ1) is 6.13. The molecule has 4 N–H and O–H groups in total. The van der Waals surface area contributed by atoms with Gasteiger partial charge in [-0.25, -0.2) is 0 Å². The van der Waals surface area contributed by atoms with E-state index in [0.717, 1.165) is 11.1 Å². The molecular weight excluding hydrogens is 202 g/mol. The molecule has 1 aromatic carbocycles. The van der Waals surface area contributed by atoms with Crippen LogP contribution in [0.4, 0.5) is 0 Å². The fourth-order valence-electron chi connectivity index (χ4n) is 1.22. The molecule has 4 heteroatoms. The Kier molecular flexibility index (Phi) is 5.53. The Bertz CT molecular complexity index is 291. The van der Waals surface area contributed by atoms with Crippen molar-refractivity contribution in [2.24, 2.45) is 5.73 Å². The number of hydrogen-bond acceptors (Lipinski definition) is 3. The fourth-order valence-corrected chi connectivity index (χ4v) is 1.22. The Morgan fingerprint density at radius 2 is 2.07 bits per heavy atom. The van der Waals surface area contributed by atoms with Gasteiger partial charge in [0, 0.05) is 6.04 Å². The number of aryl methyl sites for hydroxylation is 1. The molecule has 0 aromatic heterocycles. The summed E-state index contributed by atoms with van der Waals surface area (Å²) in [4.78, 5) is 0. The second-order valence-electron chi connectivity index (χ2n) is 3.28. The van der Waals surface area contributed by atoms with Gasteiger partial charge in [0.25, 0.3) is 0 Å². The zero-order valence-electron chi connectivity index (χ0n) is 8.10. The molecule has 0 radical (unpaired) electrons. The quantitative estimate of drug-likeness (QED) is 0.707. The molecule has 0 aliphatic rings. The van der Waals surface area contributed by atoms with E-state index >= 15 is 0 Å². The minimum Gasteiger partial charge on any atom is -0.508 e. The SMILES string of the molecule is Cc1ccc(O)c(CC(N)CO)c1.Cl. The van der Waals surface area contributed by atoms with E-state index in [-0.39, 0.29) is 30.8 Å². The molecule has 0 aliphatic carbocycles. The molecular formula is C10H16ClNO2. The second kappa shape index (κ2) is 5.86. The van der Waals surface area contributed by atoms with Gasteiger partial charge in [-0.15, -0.1) is 12.4 Å². The molecule has 0 amide bonds. The van der Waals surface area contributed by atoms with Gasteiger partial charge in [0.15, 0.2) is 0 Å². The lowest BCUT2D eigenvalue weighted by molar-refractivity contribution is 0.264. The van der Waals surface area contributed by atoms with Crippen LogP contribution in [0.1, 0.15) is 11.1 Å². The van der Waals surface area contributed by atoms with E-state index in [2.05, 4.69) is 0 Å². The lowest BCUT2D eigenvalue weighted by Gasteiger charge is -2.10. The summed E-state index contributed by atoms with van der Waals surface area (Å²) in [6.45, 7) is 1.89. The van der Waals surface area contributed by atoms with Crippen LogP contribution < -0.4 is 5.73 Å². The Labute approximate surface area is 90.0 Å². The van der Waals surface area contributed by atoms with Crippen LogP contribution in [0, 0.1) is 6.92 Å². The highest BCUT2D eigenvalue weighted by atomic mass is 35.5. The number of aliphatic hydroxyl groups excluding tert-OH is 1. The number of benzene rings is 1. The van der Waals surface area contributed by atoms with Gasteiger partial charge in [0.2, 0.25) is 0 Å². The fraction of sp³-hybridized carbons (Fsp3) is 0.400. The van der Waals surface area contributed by atoms with E-state index in [1.54, 1.807) is 6.07 Å². The van der Waals surface area contributed by atoms with Gasteiger partial charge in [-0.05, 0) is 25.0 Å². The molecule has 80 valence electrons. The largest absolute Gasteiger partial charge is 0.508 e. The van der Waals surface area contributed by atoms with E-state index in [9.17, 15) is 5.11 Å². The highest BCUT2D eigenvalue weighted by Crippen LogP contribution is 2.19. The lowest BCUT2D eigenvalue weighted by Crippen LogP contribution is -2.26. The van der Waals surface area contributed by atoms with Crippen LogP contribution in [-0.2, 0) is 6.42 Å². The maximum Gasteiger partial charge on any atom is 0.118 e. The van der Waals surface area contributed by atoms with Crippen molar-refractivity contribution in [1.29, 1.82) is 0 Å². The van der Waals surface area contributed by atoms with Crippen molar-refractivity contribution in [2.45, 2.75) is 19.4 Å². The van der Waals surface area contributed by atoms with Crippen molar-refractivity contribution in [3.8, 4) is 5.75 Å². The molecule has 0 saturated heterocycles. The first kappa shape index (κ1) is 13.2. The van der Waals surface area contributed by atoms with Gasteiger partial charge < -0.3 is 15.9 Å². The number of nitrogens with two attached hydrogens (primary N) is 1. The maximum atomic E-state index is 9.44. The normalized spacial score (nSPS) is 11.9. The van der Waals surface area contributed by atoms with E-state index in [4.69, 9.17) is 10.8 Å². The maximum absolute atomic E-state index is 9.44. The highest BCUT2D eigenvalue weighted by molar-refractivity contribution is 5.85. The Balaban J connectivity index is 0.00000169. The zero-order chi connectivity index (χ0) is 9.84. The van der Waals surface area contributed by atoms with Crippen LogP contribution in [0.2, 0.25) is 0 Å². The van der Waals surface area contributed by atoms with Crippen molar-refractivity contribution < 1.29 is 10.2 Å². The van der Waals surface area contributed by atoms with Crippen LogP contribution in [0.5, 0.6) is 5.75 Å². The third-order valence-electron chi connectivity index (χ3n) is 1.95. The summed E-state index contributed by atoms with van der Waals surface area (Å²) < 4.78 is 0. The van der Waals surface area contributed by atoms with E-state index in [0.29, 0.717) is 6.42 Å². The van der Waals surface area contributed by atoms with E-state index in [1.165, 1.54) is 0 Å². The molecule has 0 heterocycles. The predicted octanol–water partition coefficient (Wildman–Crippen LogP) is 0.985. The van der Waals surface area contributed by atoms with Gasteiger partial charge in [-0.2, -0.15) is 0 Å². The molecule has 3 nitrogen and oxygen atoms in total. The van der Waals surface area contributed by atoms with E-state index in [1.807, 2.05) is 19.1 Å². The Morgan fingerprint density at radius 3 is 2.64 bits per heavy atom. The standard InChI is InChI=1S/C10H15NO2.ClH/c1-7-2-3-10(13)8(4-7)5-9(11)6-12;/h2-4,9,12-13H,5-6,11H2,1H3;1H. The number of phenols is 1. The summed E-state index contributed by atoms with van der Waals surface area (Å²) in [5.74, 6) is 0.245.